The summed E-state index contributed by atoms with van der Waals surface area (Å²) >= 11 is 0. The summed E-state index contributed by atoms with van der Waals surface area (Å²) in [5.74, 6) is 0. The van der Waals surface area contributed by atoms with Gasteiger partial charge >= 0.3 is 0 Å². The standard InChI is InChI=1S/C10H22O2/c1-3-5-6-7-8-12-9-10(11)4-2/h10-11H,3-9H2,1-2H3/t10-/m0/s1. The third kappa shape index (κ3) is 8.02. The van der Waals surface area contributed by atoms with Crippen molar-refractivity contribution in [1.82, 2.24) is 0 Å². The summed E-state index contributed by atoms with van der Waals surface area (Å²) in [5, 5.41) is 9.14. The summed E-state index contributed by atoms with van der Waals surface area (Å²) in [5.41, 5.74) is 0. The van der Waals surface area contributed by atoms with Crippen molar-refractivity contribution in [3.63, 3.8) is 0 Å². The fraction of sp³-hybridized carbons (Fsp3) is 1.00. The van der Waals surface area contributed by atoms with Crippen molar-refractivity contribution < 1.29 is 9.84 Å². The average molecular weight is 174 g/mol. The molecule has 74 valence electrons. The largest absolute Gasteiger partial charge is 0.391 e. The van der Waals surface area contributed by atoms with Crippen LogP contribution in [0.2, 0.25) is 0 Å². The molecule has 0 amide bonds. The Morgan fingerprint density at radius 1 is 1.17 bits per heavy atom. The van der Waals surface area contributed by atoms with Crippen molar-refractivity contribution in [2.75, 3.05) is 13.2 Å². The molecule has 0 aromatic heterocycles. The van der Waals surface area contributed by atoms with E-state index in [1.807, 2.05) is 6.92 Å². The van der Waals surface area contributed by atoms with Gasteiger partial charge in [-0.05, 0) is 12.8 Å². The molecule has 0 bridgehead atoms. The van der Waals surface area contributed by atoms with Crippen LogP contribution in [0.4, 0.5) is 0 Å². The van der Waals surface area contributed by atoms with E-state index in [4.69, 9.17) is 9.84 Å². The molecule has 1 N–H and O–H groups in total. The van der Waals surface area contributed by atoms with E-state index < -0.39 is 0 Å². The third-order valence-corrected chi connectivity index (χ3v) is 1.92. The number of hydrogen-bond acceptors (Lipinski definition) is 2. The molecule has 0 rings (SSSR count). The molecule has 1 atom stereocenters. The Hall–Kier alpha value is -0.0800. The van der Waals surface area contributed by atoms with Crippen molar-refractivity contribution in [2.45, 2.75) is 52.1 Å². The molecule has 12 heavy (non-hydrogen) atoms. The van der Waals surface area contributed by atoms with E-state index in [1.165, 1.54) is 19.3 Å². The van der Waals surface area contributed by atoms with Gasteiger partial charge in [-0.1, -0.05) is 33.1 Å². The molecule has 0 unspecified atom stereocenters. The van der Waals surface area contributed by atoms with Crippen molar-refractivity contribution >= 4 is 0 Å². The molecule has 0 aliphatic rings. The number of ether oxygens (including phenoxy) is 1. The van der Waals surface area contributed by atoms with Gasteiger partial charge < -0.3 is 9.84 Å². The Bertz CT molecular complexity index is 83.9. The van der Waals surface area contributed by atoms with Crippen LogP contribution in [0.15, 0.2) is 0 Å². The topological polar surface area (TPSA) is 29.5 Å². The molecule has 0 heterocycles. The highest BCUT2D eigenvalue weighted by molar-refractivity contribution is 4.48. The predicted octanol–water partition coefficient (Wildman–Crippen LogP) is 2.35. The number of hydrogen-bond donors (Lipinski definition) is 1. The zero-order chi connectivity index (χ0) is 9.23. The van der Waals surface area contributed by atoms with Crippen molar-refractivity contribution in [3.8, 4) is 0 Å². The van der Waals surface area contributed by atoms with Crippen LogP contribution < -0.4 is 0 Å². The minimum absolute atomic E-state index is 0.267. The van der Waals surface area contributed by atoms with Crippen LogP contribution in [0, 0.1) is 0 Å². The number of aliphatic hydroxyl groups excluding tert-OH is 1. The zero-order valence-electron chi connectivity index (χ0n) is 8.38. The van der Waals surface area contributed by atoms with Gasteiger partial charge in [0.1, 0.15) is 0 Å². The van der Waals surface area contributed by atoms with Crippen LogP contribution in [-0.4, -0.2) is 24.4 Å². The van der Waals surface area contributed by atoms with Crippen molar-refractivity contribution in [2.24, 2.45) is 0 Å². The first-order valence-corrected chi connectivity index (χ1v) is 5.07. The minimum Gasteiger partial charge on any atom is -0.391 e. The van der Waals surface area contributed by atoms with Gasteiger partial charge in [0, 0.05) is 6.61 Å². The Balaban J connectivity index is 2.90. The lowest BCUT2D eigenvalue weighted by Gasteiger charge is -2.07. The highest BCUT2D eigenvalue weighted by atomic mass is 16.5. The van der Waals surface area contributed by atoms with Crippen LogP contribution in [0.1, 0.15) is 46.0 Å². The van der Waals surface area contributed by atoms with Crippen LogP contribution >= 0.6 is 0 Å². The Morgan fingerprint density at radius 3 is 2.50 bits per heavy atom. The zero-order valence-corrected chi connectivity index (χ0v) is 8.38. The second-order valence-corrected chi connectivity index (χ2v) is 3.20. The molecule has 0 aliphatic heterocycles. The third-order valence-electron chi connectivity index (χ3n) is 1.92. The summed E-state index contributed by atoms with van der Waals surface area (Å²) < 4.78 is 5.28. The van der Waals surface area contributed by atoms with E-state index in [1.54, 1.807) is 0 Å². The smallest absolute Gasteiger partial charge is 0.0771 e. The second-order valence-electron chi connectivity index (χ2n) is 3.20. The summed E-state index contributed by atoms with van der Waals surface area (Å²) in [7, 11) is 0. The molecule has 0 aromatic rings. The van der Waals surface area contributed by atoms with Gasteiger partial charge in [-0.15, -0.1) is 0 Å². The fourth-order valence-electron chi connectivity index (χ4n) is 0.968. The maximum Gasteiger partial charge on any atom is 0.0771 e. The quantitative estimate of drug-likeness (QED) is 0.572. The lowest BCUT2D eigenvalue weighted by Crippen LogP contribution is -2.14. The second kappa shape index (κ2) is 9.01. The molecule has 0 saturated carbocycles. The SMILES string of the molecule is CCCCCCOC[C@@H](O)CC. The maximum atomic E-state index is 9.14. The molecule has 2 nitrogen and oxygen atoms in total. The summed E-state index contributed by atoms with van der Waals surface area (Å²) in [4.78, 5) is 0. The lowest BCUT2D eigenvalue weighted by atomic mass is 10.2. The molecule has 0 aromatic carbocycles. The van der Waals surface area contributed by atoms with E-state index in [9.17, 15) is 0 Å². The van der Waals surface area contributed by atoms with Crippen LogP contribution in [0.3, 0.4) is 0 Å². The normalized spacial score (nSPS) is 13.2. The Labute approximate surface area is 75.9 Å². The van der Waals surface area contributed by atoms with Crippen molar-refractivity contribution in [1.29, 1.82) is 0 Å². The van der Waals surface area contributed by atoms with Gasteiger partial charge in [0.15, 0.2) is 0 Å². The highest BCUT2D eigenvalue weighted by Crippen LogP contribution is 1.99. The molecular formula is C10H22O2. The first-order chi connectivity index (χ1) is 5.81. The number of rotatable bonds is 8. The highest BCUT2D eigenvalue weighted by Gasteiger charge is 1.98. The van der Waals surface area contributed by atoms with Gasteiger partial charge in [0.25, 0.3) is 0 Å². The average Bonchev–Trinajstić information content (AvgIpc) is 2.10. The first-order valence-electron chi connectivity index (χ1n) is 5.07. The van der Waals surface area contributed by atoms with E-state index in [0.717, 1.165) is 19.4 Å². The minimum atomic E-state index is -0.267. The number of unbranched alkanes of at least 4 members (excludes halogenated alkanes) is 3. The Morgan fingerprint density at radius 2 is 1.92 bits per heavy atom. The van der Waals surface area contributed by atoms with Gasteiger partial charge in [-0.3, -0.25) is 0 Å². The van der Waals surface area contributed by atoms with E-state index in [-0.39, 0.29) is 6.10 Å². The molecule has 0 radical (unpaired) electrons. The summed E-state index contributed by atoms with van der Waals surface area (Å²) in [6.45, 7) is 5.46. The Kier molecular flexibility index (Phi) is 8.95. The monoisotopic (exact) mass is 174 g/mol. The van der Waals surface area contributed by atoms with E-state index >= 15 is 0 Å². The molecule has 0 fully saturated rings. The molecule has 2 heteroatoms. The van der Waals surface area contributed by atoms with Crippen LogP contribution in [0.25, 0.3) is 0 Å². The van der Waals surface area contributed by atoms with Gasteiger partial charge in [0.2, 0.25) is 0 Å². The summed E-state index contributed by atoms with van der Waals surface area (Å²) in [6, 6.07) is 0. The lowest BCUT2D eigenvalue weighted by molar-refractivity contribution is 0.0335. The predicted molar refractivity (Wildman–Crippen MR) is 51.3 cm³/mol. The molecular weight excluding hydrogens is 152 g/mol. The van der Waals surface area contributed by atoms with E-state index in [0.29, 0.717) is 6.61 Å². The van der Waals surface area contributed by atoms with Crippen molar-refractivity contribution in [3.05, 3.63) is 0 Å². The van der Waals surface area contributed by atoms with Gasteiger partial charge in [-0.25, -0.2) is 0 Å². The van der Waals surface area contributed by atoms with Crippen LogP contribution in [0.5, 0.6) is 0 Å². The fourth-order valence-corrected chi connectivity index (χ4v) is 0.968. The first kappa shape index (κ1) is 11.9. The summed E-state index contributed by atoms with van der Waals surface area (Å²) in [6.07, 6.45) is 5.45. The maximum absolute atomic E-state index is 9.14. The molecule has 0 saturated heterocycles. The van der Waals surface area contributed by atoms with Crippen LogP contribution in [-0.2, 0) is 4.74 Å². The number of aliphatic hydroxyl groups is 1. The molecule has 0 spiro atoms. The van der Waals surface area contributed by atoms with E-state index in [2.05, 4.69) is 6.92 Å². The molecule has 0 aliphatic carbocycles. The van der Waals surface area contributed by atoms with Gasteiger partial charge in [0.05, 0.1) is 12.7 Å². The van der Waals surface area contributed by atoms with Gasteiger partial charge in [-0.2, -0.15) is 0 Å².